The van der Waals surface area contributed by atoms with E-state index in [0.29, 0.717) is 41.4 Å². The van der Waals surface area contributed by atoms with Gasteiger partial charge in [0.15, 0.2) is 0 Å². The molecule has 1 heterocycles. The highest BCUT2D eigenvalue weighted by atomic mass is 79.9. The molecule has 1 atom stereocenters. The summed E-state index contributed by atoms with van der Waals surface area (Å²) < 4.78 is 6.44. The molecule has 8 nitrogen and oxygen atoms in total. The molecule has 0 spiro atoms. The molecule has 0 bridgehead atoms. The predicted molar refractivity (Wildman–Crippen MR) is 140 cm³/mol. The Morgan fingerprint density at radius 1 is 1.06 bits per heavy atom. The third-order valence-corrected chi connectivity index (χ3v) is 5.94. The summed E-state index contributed by atoms with van der Waals surface area (Å²) >= 11 is 3.36. The molecule has 2 aromatic carbocycles. The van der Waals surface area contributed by atoms with E-state index in [2.05, 4.69) is 31.9 Å². The fourth-order valence-electron chi connectivity index (χ4n) is 3.69. The number of carbonyl (C=O) groups is 3. The van der Waals surface area contributed by atoms with Gasteiger partial charge in [-0.25, -0.2) is 14.4 Å². The number of halogens is 1. The summed E-state index contributed by atoms with van der Waals surface area (Å²) in [7, 11) is 0. The SMILES string of the molecule is CCCN1C(=O)NC(c2ccc(NC(=O)Nc3ccc(Br)cc3)cc2)C(C(=O)OCC(C)C)=C1C. The molecule has 1 aliphatic heterocycles. The van der Waals surface area contributed by atoms with Crippen molar-refractivity contribution in [3.63, 3.8) is 0 Å². The molecule has 3 rings (SSSR count). The number of hydrogen-bond acceptors (Lipinski definition) is 4. The monoisotopic (exact) mass is 542 g/mol. The maximum Gasteiger partial charge on any atom is 0.338 e. The zero-order valence-electron chi connectivity index (χ0n) is 20.4. The van der Waals surface area contributed by atoms with Gasteiger partial charge >= 0.3 is 18.0 Å². The molecule has 0 fully saturated rings. The van der Waals surface area contributed by atoms with Gasteiger partial charge < -0.3 is 20.7 Å². The van der Waals surface area contributed by atoms with Gasteiger partial charge in [-0.15, -0.1) is 0 Å². The first kappa shape index (κ1) is 26.3. The largest absolute Gasteiger partial charge is 0.462 e. The van der Waals surface area contributed by atoms with Gasteiger partial charge in [0, 0.05) is 28.1 Å². The maximum atomic E-state index is 13.0. The lowest BCUT2D eigenvalue weighted by Gasteiger charge is -2.35. The van der Waals surface area contributed by atoms with Crippen molar-refractivity contribution in [2.45, 2.75) is 40.2 Å². The van der Waals surface area contributed by atoms with Crippen molar-refractivity contribution in [3.05, 3.63) is 69.8 Å². The third kappa shape index (κ3) is 6.85. The number of benzene rings is 2. The van der Waals surface area contributed by atoms with Gasteiger partial charge in [0.1, 0.15) is 0 Å². The number of esters is 1. The van der Waals surface area contributed by atoms with Crippen molar-refractivity contribution in [1.82, 2.24) is 10.2 Å². The molecule has 2 aromatic rings. The first-order valence-corrected chi connectivity index (χ1v) is 12.4. The van der Waals surface area contributed by atoms with Crippen molar-refractivity contribution in [2.75, 3.05) is 23.8 Å². The molecule has 0 saturated carbocycles. The molecule has 35 heavy (non-hydrogen) atoms. The molecular formula is C26H31BrN4O4. The Hall–Kier alpha value is -3.33. The van der Waals surface area contributed by atoms with E-state index in [1.54, 1.807) is 48.2 Å². The zero-order chi connectivity index (χ0) is 25.5. The second-order valence-electron chi connectivity index (χ2n) is 8.73. The fraction of sp³-hybridized carbons (Fsp3) is 0.346. The van der Waals surface area contributed by atoms with Gasteiger partial charge in [-0.3, -0.25) is 4.90 Å². The van der Waals surface area contributed by atoms with Gasteiger partial charge in [-0.2, -0.15) is 0 Å². The number of ether oxygens (including phenoxy) is 1. The smallest absolute Gasteiger partial charge is 0.338 e. The lowest BCUT2D eigenvalue weighted by molar-refractivity contribution is -0.140. The standard InChI is InChI=1S/C26H31BrN4O4/c1-5-14-31-17(4)22(24(32)35-15-16(2)3)23(30-26(31)34)18-6-10-20(11-7-18)28-25(33)29-21-12-8-19(27)9-13-21/h6-13,16,23H,5,14-15H2,1-4H3,(H,30,34)(H2,28,29,33). The van der Waals surface area contributed by atoms with Gasteiger partial charge in [0.25, 0.3) is 0 Å². The van der Waals surface area contributed by atoms with Crippen molar-refractivity contribution >= 4 is 45.3 Å². The number of rotatable bonds is 8. The Bertz CT molecular complexity index is 1100. The van der Waals surface area contributed by atoms with Crippen LogP contribution < -0.4 is 16.0 Å². The summed E-state index contributed by atoms with van der Waals surface area (Å²) in [5.74, 6) is -0.254. The Morgan fingerprint density at radius 3 is 2.17 bits per heavy atom. The van der Waals surface area contributed by atoms with E-state index in [9.17, 15) is 14.4 Å². The summed E-state index contributed by atoms with van der Waals surface area (Å²) in [6.45, 7) is 8.48. The summed E-state index contributed by atoms with van der Waals surface area (Å²) in [6.07, 6.45) is 0.756. The van der Waals surface area contributed by atoms with Crippen LogP contribution in [0, 0.1) is 5.92 Å². The van der Waals surface area contributed by atoms with Gasteiger partial charge in [0.05, 0.1) is 18.2 Å². The average molecular weight is 543 g/mol. The van der Waals surface area contributed by atoms with Crippen LogP contribution in [0.5, 0.6) is 0 Å². The number of hydrogen-bond donors (Lipinski definition) is 3. The fourth-order valence-corrected chi connectivity index (χ4v) is 3.96. The van der Waals surface area contributed by atoms with Crippen LogP contribution in [-0.4, -0.2) is 36.1 Å². The number of allylic oxidation sites excluding steroid dienone is 1. The van der Waals surface area contributed by atoms with Crippen LogP contribution in [-0.2, 0) is 9.53 Å². The van der Waals surface area contributed by atoms with E-state index in [1.807, 2.05) is 32.9 Å². The van der Waals surface area contributed by atoms with E-state index >= 15 is 0 Å². The van der Waals surface area contributed by atoms with Crippen LogP contribution in [0.15, 0.2) is 64.3 Å². The van der Waals surface area contributed by atoms with Crippen LogP contribution in [0.4, 0.5) is 21.0 Å². The summed E-state index contributed by atoms with van der Waals surface area (Å²) in [4.78, 5) is 39.7. The number of nitrogens with one attached hydrogen (secondary N) is 3. The lowest BCUT2D eigenvalue weighted by atomic mass is 9.94. The van der Waals surface area contributed by atoms with Crippen molar-refractivity contribution in [3.8, 4) is 0 Å². The van der Waals surface area contributed by atoms with Gasteiger partial charge in [0.2, 0.25) is 0 Å². The Balaban J connectivity index is 1.79. The third-order valence-electron chi connectivity index (χ3n) is 5.42. The van der Waals surface area contributed by atoms with E-state index < -0.39 is 12.0 Å². The molecule has 0 aromatic heterocycles. The second-order valence-corrected chi connectivity index (χ2v) is 9.65. The van der Waals surface area contributed by atoms with Crippen LogP contribution >= 0.6 is 15.9 Å². The predicted octanol–water partition coefficient (Wildman–Crippen LogP) is 6.04. The second kappa shape index (κ2) is 11.9. The van der Waals surface area contributed by atoms with Crippen LogP contribution in [0.2, 0.25) is 0 Å². The Kier molecular flexibility index (Phi) is 8.92. The minimum Gasteiger partial charge on any atom is -0.462 e. The van der Waals surface area contributed by atoms with Gasteiger partial charge in [-0.05, 0) is 61.2 Å². The van der Waals surface area contributed by atoms with E-state index in [-0.39, 0.29) is 18.0 Å². The number of amides is 4. The van der Waals surface area contributed by atoms with Crippen LogP contribution in [0.3, 0.4) is 0 Å². The average Bonchev–Trinajstić information content (AvgIpc) is 2.82. The van der Waals surface area contributed by atoms with Crippen LogP contribution in [0.1, 0.15) is 45.7 Å². The number of urea groups is 2. The zero-order valence-corrected chi connectivity index (χ0v) is 21.9. The van der Waals surface area contributed by atoms with Crippen molar-refractivity contribution in [2.24, 2.45) is 5.92 Å². The lowest BCUT2D eigenvalue weighted by Crippen LogP contribution is -2.48. The Morgan fingerprint density at radius 2 is 1.63 bits per heavy atom. The molecule has 0 saturated heterocycles. The quantitative estimate of drug-likeness (QED) is 0.354. The summed E-state index contributed by atoms with van der Waals surface area (Å²) in [6, 6.07) is 13.0. The number of carbonyl (C=O) groups excluding carboxylic acids is 3. The molecule has 0 radical (unpaired) electrons. The van der Waals surface area contributed by atoms with Crippen LogP contribution in [0.25, 0.3) is 0 Å². The van der Waals surface area contributed by atoms with Crippen molar-refractivity contribution < 1.29 is 19.1 Å². The minimum absolute atomic E-state index is 0.192. The van der Waals surface area contributed by atoms with Crippen molar-refractivity contribution in [1.29, 1.82) is 0 Å². The topological polar surface area (TPSA) is 99.8 Å². The maximum absolute atomic E-state index is 13.0. The molecule has 3 N–H and O–H groups in total. The molecule has 9 heteroatoms. The van der Waals surface area contributed by atoms with E-state index in [1.165, 1.54) is 0 Å². The Labute approximate surface area is 214 Å². The molecule has 4 amide bonds. The molecule has 1 unspecified atom stereocenters. The van der Waals surface area contributed by atoms with Gasteiger partial charge in [-0.1, -0.05) is 48.8 Å². The molecule has 186 valence electrons. The highest BCUT2D eigenvalue weighted by Gasteiger charge is 2.36. The minimum atomic E-state index is -0.652. The molecule has 1 aliphatic rings. The highest BCUT2D eigenvalue weighted by molar-refractivity contribution is 9.10. The molecular weight excluding hydrogens is 512 g/mol. The molecule has 0 aliphatic carbocycles. The normalized spacial score (nSPS) is 15.7. The highest BCUT2D eigenvalue weighted by Crippen LogP contribution is 2.32. The summed E-state index contributed by atoms with van der Waals surface area (Å²) in [5.41, 5.74) is 2.94. The first-order chi connectivity index (χ1) is 16.7. The van der Waals surface area contributed by atoms with E-state index in [4.69, 9.17) is 4.74 Å². The number of anilines is 2. The van der Waals surface area contributed by atoms with E-state index in [0.717, 1.165) is 10.9 Å². The number of nitrogens with zero attached hydrogens (tertiary/aromatic N) is 1. The first-order valence-electron chi connectivity index (χ1n) is 11.6. The summed E-state index contributed by atoms with van der Waals surface area (Å²) in [5, 5.41) is 8.49.